The number of ketones is 1. The molecule has 162 valence electrons. The maximum atomic E-state index is 13.5. The van der Waals surface area contributed by atoms with Crippen LogP contribution in [-0.4, -0.2) is 49.2 Å². The number of rotatable bonds is 5. The summed E-state index contributed by atoms with van der Waals surface area (Å²) in [5.41, 5.74) is 3.46. The highest BCUT2D eigenvalue weighted by Gasteiger charge is 2.30. The van der Waals surface area contributed by atoms with Crippen LogP contribution in [0.4, 0.5) is 0 Å². The summed E-state index contributed by atoms with van der Waals surface area (Å²) in [7, 11) is 1.63. The highest BCUT2D eigenvalue weighted by Crippen LogP contribution is 2.38. The molecule has 0 aliphatic carbocycles. The molecule has 1 saturated heterocycles. The summed E-state index contributed by atoms with van der Waals surface area (Å²) in [4.78, 5) is 13.5. The Morgan fingerprint density at radius 2 is 2.03 bits per heavy atom. The summed E-state index contributed by atoms with van der Waals surface area (Å²) in [6.45, 7) is 5.87. The van der Waals surface area contributed by atoms with E-state index in [2.05, 4.69) is 15.2 Å². The van der Waals surface area contributed by atoms with Crippen molar-refractivity contribution in [3.63, 3.8) is 0 Å². The van der Waals surface area contributed by atoms with E-state index in [1.807, 2.05) is 49.4 Å². The van der Waals surface area contributed by atoms with Crippen LogP contribution in [0.1, 0.15) is 34.5 Å². The van der Waals surface area contributed by atoms with Crippen molar-refractivity contribution in [3.8, 4) is 11.5 Å². The highest BCUT2D eigenvalue weighted by atomic mass is 16.5. The molecule has 3 aromatic rings. The molecule has 6 nitrogen and oxygen atoms in total. The lowest BCUT2D eigenvalue weighted by Crippen LogP contribution is -2.41. The molecule has 1 fully saturated rings. The number of methoxy groups -OCH3 is 1. The average molecular weight is 420 g/mol. The van der Waals surface area contributed by atoms with Crippen molar-refractivity contribution in [1.29, 1.82) is 0 Å². The lowest BCUT2D eigenvalue weighted by molar-refractivity contribution is 0.103. The summed E-state index contributed by atoms with van der Waals surface area (Å²) >= 11 is 0. The zero-order chi connectivity index (χ0) is 21.4. The van der Waals surface area contributed by atoms with E-state index in [1.165, 1.54) is 0 Å². The Balaban J connectivity index is 1.48. The van der Waals surface area contributed by atoms with Crippen molar-refractivity contribution in [2.45, 2.75) is 38.5 Å². The van der Waals surface area contributed by atoms with E-state index >= 15 is 0 Å². The average Bonchev–Trinajstić information content (AvgIpc) is 2.94. The van der Waals surface area contributed by atoms with E-state index in [0.29, 0.717) is 11.6 Å². The van der Waals surface area contributed by atoms with E-state index in [4.69, 9.17) is 9.47 Å². The molecule has 3 heterocycles. The van der Waals surface area contributed by atoms with Gasteiger partial charge in [0.2, 0.25) is 0 Å². The first-order valence-corrected chi connectivity index (χ1v) is 11.1. The van der Waals surface area contributed by atoms with Gasteiger partial charge >= 0.3 is 0 Å². The molecular weight excluding hydrogens is 390 g/mol. The molecule has 0 radical (unpaired) electrons. The van der Waals surface area contributed by atoms with Gasteiger partial charge in [0.15, 0.2) is 5.78 Å². The SMILES string of the molecule is COc1ccc(C(=O)c2c(C)n3c4c(cccc24)OC(CC2CNCCCN2)C3)cc1. The van der Waals surface area contributed by atoms with Gasteiger partial charge in [0.1, 0.15) is 17.6 Å². The van der Waals surface area contributed by atoms with Crippen LogP contribution in [0.3, 0.4) is 0 Å². The maximum Gasteiger partial charge on any atom is 0.195 e. The van der Waals surface area contributed by atoms with E-state index in [0.717, 1.165) is 72.7 Å². The minimum Gasteiger partial charge on any atom is -0.497 e. The molecule has 2 atom stereocenters. The fourth-order valence-electron chi connectivity index (χ4n) is 4.89. The van der Waals surface area contributed by atoms with Crippen LogP contribution >= 0.6 is 0 Å². The van der Waals surface area contributed by atoms with Gasteiger partial charge < -0.3 is 24.7 Å². The van der Waals surface area contributed by atoms with Crippen molar-refractivity contribution in [2.75, 3.05) is 26.7 Å². The number of aromatic nitrogens is 1. The third-order valence-corrected chi connectivity index (χ3v) is 6.47. The van der Waals surface area contributed by atoms with Crippen molar-refractivity contribution >= 4 is 16.7 Å². The summed E-state index contributed by atoms with van der Waals surface area (Å²) in [5.74, 6) is 1.65. The summed E-state index contributed by atoms with van der Waals surface area (Å²) in [6.07, 6.45) is 2.16. The maximum absolute atomic E-state index is 13.5. The van der Waals surface area contributed by atoms with Crippen LogP contribution in [0.2, 0.25) is 0 Å². The van der Waals surface area contributed by atoms with Gasteiger partial charge in [-0.1, -0.05) is 12.1 Å². The number of nitrogens with zero attached hydrogens (tertiary/aromatic N) is 1. The second kappa shape index (κ2) is 8.36. The number of para-hydroxylation sites is 1. The first kappa shape index (κ1) is 20.1. The van der Waals surface area contributed by atoms with Gasteiger partial charge in [-0.25, -0.2) is 0 Å². The van der Waals surface area contributed by atoms with Crippen molar-refractivity contribution in [1.82, 2.24) is 15.2 Å². The Labute approximate surface area is 182 Å². The second-order valence-electron chi connectivity index (χ2n) is 8.47. The second-order valence-corrected chi connectivity index (χ2v) is 8.47. The molecule has 2 aliphatic rings. The number of carbonyl (C=O) groups excluding carboxylic acids is 1. The fourth-order valence-corrected chi connectivity index (χ4v) is 4.89. The third-order valence-electron chi connectivity index (χ3n) is 6.47. The fraction of sp³-hybridized carbons (Fsp3) is 0.400. The van der Waals surface area contributed by atoms with Gasteiger partial charge in [-0.15, -0.1) is 0 Å². The Morgan fingerprint density at radius 3 is 2.84 bits per heavy atom. The molecule has 0 bridgehead atoms. The largest absolute Gasteiger partial charge is 0.497 e. The van der Waals surface area contributed by atoms with Crippen LogP contribution < -0.4 is 20.1 Å². The lowest BCUT2D eigenvalue weighted by Gasteiger charge is -2.29. The van der Waals surface area contributed by atoms with Crippen LogP contribution in [-0.2, 0) is 6.54 Å². The molecule has 1 aromatic heterocycles. The number of benzene rings is 2. The van der Waals surface area contributed by atoms with Crippen molar-refractivity contribution < 1.29 is 14.3 Å². The van der Waals surface area contributed by atoms with E-state index in [1.54, 1.807) is 7.11 Å². The predicted molar refractivity (Wildman–Crippen MR) is 121 cm³/mol. The topological polar surface area (TPSA) is 64.5 Å². The zero-order valence-electron chi connectivity index (χ0n) is 18.1. The molecule has 0 amide bonds. The molecule has 31 heavy (non-hydrogen) atoms. The number of hydrogen-bond acceptors (Lipinski definition) is 5. The third kappa shape index (κ3) is 3.70. The zero-order valence-corrected chi connectivity index (χ0v) is 18.1. The van der Waals surface area contributed by atoms with E-state index in [9.17, 15) is 4.79 Å². The Kier molecular flexibility index (Phi) is 5.42. The number of ether oxygens (including phenoxy) is 2. The van der Waals surface area contributed by atoms with Crippen LogP contribution in [0.25, 0.3) is 10.9 Å². The quantitative estimate of drug-likeness (QED) is 0.622. The first-order valence-electron chi connectivity index (χ1n) is 11.1. The number of hydrogen-bond donors (Lipinski definition) is 2. The minimum atomic E-state index is 0.0362. The lowest BCUT2D eigenvalue weighted by atomic mass is 10.0. The summed E-state index contributed by atoms with van der Waals surface area (Å²) in [6, 6.07) is 13.7. The normalized spacial score (nSPS) is 20.8. The molecule has 0 saturated carbocycles. The molecule has 2 aliphatic heterocycles. The molecule has 2 N–H and O–H groups in total. The molecule has 5 rings (SSSR count). The summed E-state index contributed by atoms with van der Waals surface area (Å²) < 4.78 is 13.9. The molecule has 2 unspecified atom stereocenters. The molecule has 0 spiro atoms. The van der Waals surface area contributed by atoms with Gasteiger partial charge in [-0.05, 0) is 56.8 Å². The summed E-state index contributed by atoms with van der Waals surface area (Å²) in [5, 5.41) is 8.10. The van der Waals surface area contributed by atoms with Crippen molar-refractivity contribution in [3.05, 3.63) is 59.3 Å². The van der Waals surface area contributed by atoms with Crippen LogP contribution in [0.15, 0.2) is 42.5 Å². The monoisotopic (exact) mass is 419 g/mol. The predicted octanol–water partition coefficient (Wildman–Crippen LogP) is 3.29. The molecular formula is C25H29N3O3. The Morgan fingerprint density at radius 1 is 1.19 bits per heavy atom. The van der Waals surface area contributed by atoms with Gasteiger partial charge in [-0.3, -0.25) is 4.79 Å². The van der Waals surface area contributed by atoms with Gasteiger partial charge in [0, 0.05) is 35.7 Å². The smallest absolute Gasteiger partial charge is 0.195 e. The number of nitrogens with one attached hydrogen (secondary N) is 2. The van der Waals surface area contributed by atoms with E-state index < -0.39 is 0 Å². The van der Waals surface area contributed by atoms with Crippen LogP contribution in [0.5, 0.6) is 11.5 Å². The highest BCUT2D eigenvalue weighted by molar-refractivity contribution is 6.18. The van der Waals surface area contributed by atoms with Crippen molar-refractivity contribution in [2.24, 2.45) is 0 Å². The minimum absolute atomic E-state index is 0.0362. The van der Waals surface area contributed by atoms with Gasteiger partial charge in [0.05, 0.1) is 24.7 Å². The Hall–Kier alpha value is -2.83. The standard InChI is InChI=1S/C25H29N3O3/c1-16-23(25(29)17-7-9-19(30-2)10-8-17)21-5-3-6-22-24(21)28(16)15-20(31-22)13-18-14-26-11-4-12-27-18/h3,5-10,18,20,26-27H,4,11-15H2,1-2H3. The van der Waals surface area contributed by atoms with E-state index in [-0.39, 0.29) is 11.9 Å². The van der Waals surface area contributed by atoms with Gasteiger partial charge in [-0.2, -0.15) is 0 Å². The number of carbonyl (C=O) groups is 1. The van der Waals surface area contributed by atoms with Gasteiger partial charge in [0.25, 0.3) is 0 Å². The first-order chi connectivity index (χ1) is 15.2. The molecule has 2 aromatic carbocycles. The molecule has 6 heteroatoms. The van der Waals surface area contributed by atoms with Crippen LogP contribution in [0, 0.1) is 6.92 Å². The Bertz CT molecular complexity index is 1100.